The Morgan fingerprint density at radius 3 is 2.50 bits per heavy atom. The highest BCUT2D eigenvalue weighted by molar-refractivity contribution is 8.18. The zero-order valence-electron chi connectivity index (χ0n) is 15.4. The van der Waals surface area contributed by atoms with E-state index in [4.69, 9.17) is 9.73 Å². The van der Waals surface area contributed by atoms with Crippen molar-refractivity contribution in [1.82, 2.24) is 4.90 Å². The molecule has 1 aliphatic heterocycles. The van der Waals surface area contributed by atoms with Crippen LogP contribution in [-0.2, 0) is 4.79 Å². The van der Waals surface area contributed by atoms with Crippen LogP contribution in [0.15, 0.2) is 52.4 Å². The predicted molar refractivity (Wildman–Crippen MR) is 109 cm³/mol. The molecule has 1 amide bonds. The standard InChI is InChI=1S/C21H22N2O2S/c1-5-23-20(24)18(13-16-10-7-11-17(12-16)25-4)26-21(23)22-19-14(2)8-6-9-15(19)3/h6-13H,5H2,1-4H3/b18-13+,22-21?. The highest BCUT2D eigenvalue weighted by Crippen LogP contribution is 2.35. The van der Waals surface area contributed by atoms with Gasteiger partial charge in [-0.1, -0.05) is 30.3 Å². The molecule has 0 bridgehead atoms. The summed E-state index contributed by atoms with van der Waals surface area (Å²) in [6, 6.07) is 13.8. The molecule has 26 heavy (non-hydrogen) atoms. The van der Waals surface area contributed by atoms with Gasteiger partial charge in [-0.2, -0.15) is 0 Å². The maximum absolute atomic E-state index is 12.8. The van der Waals surface area contributed by atoms with Gasteiger partial charge in [0.05, 0.1) is 17.7 Å². The molecule has 1 heterocycles. The summed E-state index contributed by atoms with van der Waals surface area (Å²) in [5.41, 5.74) is 4.08. The van der Waals surface area contributed by atoms with Gasteiger partial charge in [0, 0.05) is 6.54 Å². The van der Waals surface area contributed by atoms with Crippen molar-refractivity contribution in [1.29, 1.82) is 0 Å². The minimum atomic E-state index is -0.00897. The Labute approximate surface area is 158 Å². The van der Waals surface area contributed by atoms with Crippen LogP contribution in [0.25, 0.3) is 6.08 Å². The van der Waals surface area contributed by atoms with Crippen molar-refractivity contribution in [3.05, 3.63) is 64.1 Å². The average molecular weight is 366 g/mol. The maximum atomic E-state index is 12.8. The van der Waals surface area contributed by atoms with Crippen LogP contribution in [0.3, 0.4) is 0 Å². The summed E-state index contributed by atoms with van der Waals surface area (Å²) in [5, 5.41) is 0.726. The van der Waals surface area contributed by atoms with E-state index in [1.54, 1.807) is 12.0 Å². The number of ether oxygens (including phenoxy) is 1. The fraction of sp³-hybridized carbons (Fsp3) is 0.238. The van der Waals surface area contributed by atoms with Gasteiger partial charge in [0.25, 0.3) is 5.91 Å². The molecule has 3 rings (SSSR count). The number of carbonyl (C=O) groups is 1. The van der Waals surface area contributed by atoms with Gasteiger partial charge in [0.2, 0.25) is 0 Å². The summed E-state index contributed by atoms with van der Waals surface area (Å²) in [5.74, 6) is 0.761. The SMILES string of the molecule is CCN1C(=O)/C(=C\c2cccc(OC)c2)SC1=Nc1c(C)cccc1C. The molecular formula is C21H22N2O2S. The van der Waals surface area contributed by atoms with Crippen molar-refractivity contribution in [2.45, 2.75) is 20.8 Å². The molecule has 134 valence electrons. The molecule has 1 saturated heterocycles. The van der Waals surface area contributed by atoms with Gasteiger partial charge < -0.3 is 4.74 Å². The summed E-state index contributed by atoms with van der Waals surface area (Å²) in [6.45, 7) is 6.63. The Kier molecular flexibility index (Phi) is 5.47. The lowest BCUT2D eigenvalue weighted by molar-refractivity contribution is -0.122. The van der Waals surface area contributed by atoms with Gasteiger partial charge in [0.15, 0.2) is 5.17 Å². The van der Waals surface area contributed by atoms with E-state index in [1.807, 2.05) is 69.3 Å². The van der Waals surface area contributed by atoms with Gasteiger partial charge in [-0.3, -0.25) is 9.69 Å². The van der Waals surface area contributed by atoms with Crippen LogP contribution in [0.2, 0.25) is 0 Å². The number of rotatable bonds is 4. The Balaban J connectivity index is 1.98. The predicted octanol–water partition coefficient (Wildman–Crippen LogP) is 4.94. The lowest BCUT2D eigenvalue weighted by Gasteiger charge is -2.13. The van der Waals surface area contributed by atoms with Crippen molar-refractivity contribution < 1.29 is 9.53 Å². The van der Waals surface area contributed by atoms with Gasteiger partial charge in [-0.15, -0.1) is 0 Å². The van der Waals surface area contributed by atoms with Gasteiger partial charge in [-0.05, 0) is 67.4 Å². The topological polar surface area (TPSA) is 41.9 Å². The van der Waals surface area contributed by atoms with Crippen molar-refractivity contribution >= 4 is 34.6 Å². The number of para-hydroxylation sites is 1. The van der Waals surface area contributed by atoms with Crippen molar-refractivity contribution in [2.24, 2.45) is 4.99 Å². The van der Waals surface area contributed by atoms with E-state index in [9.17, 15) is 4.79 Å². The van der Waals surface area contributed by atoms with Crippen LogP contribution < -0.4 is 4.74 Å². The highest BCUT2D eigenvalue weighted by Gasteiger charge is 2.32. The number of aliphatic imine (C=N–C) groups is 1. The molecular weight excluding hydrogens is 344 g/mol. The molecule has 2 aromatic carbocycles. The van der Waals surface area contributed by atoms with Gasteiger partial charge >= 0.3 is 0 Å². The van der Waals surface area contributed by atoms with Crippen LogP contribution in [0, 0.1) is 13.8 Å². The number of amidine groups is 1. The van der Waals surface area contributed by atoms with Crippen molar-refractivity contribution in [3.8, 4) is 5.75 Å². The van der Waals surface area contributed by atoms with Crippen LogP contribution in [0.4, 0.5) is 5.69 Å². The molecule has 0 saturated carbocycles. The van der Waals surface area contributed by atoms with Crippen LogP contribution in [-0.4, -0.2) is 29.6 Å². The monoisotopic (exact) mass is 366 g/mol. The third-order valence-corrected chi connectivity index (χ3v) is 5.25. The Bertz CT molecular complexity index is 882. The lowest BCUT2D eigenvalue weighted by Crippen LogP contribution is -2.28. The number of amides is 1. The molecule has 0 spiro atoms. The molecule has 0 unspecified atom stereocenters. The van der Waals surface area contributed by atoms with E-state index < -0.39 is 0 Å². The molecule has 0 atom stereocenters. The largest absolute Gasteiger partial charge is 0.497 e. The highest BCUT2D eigenvalue weighted by atomic mass is 32.2. The van der Waals surface area contributed by atoms with E-state index >= 15 is 0 Å². The first-order valence-electron chi connectivity index (χ1n) is 8.54. The molecule has 2 aromatic rings. The van der Waals surface area contributed by atoms with E-state index in [0.717, 1.165) is 33.3 Å². The molecule has 0 aliphatic carbocycles. The van der Waals surface area contributed by atoms with E-state index in [0.29, 0.717) is 11.4 Å². The maximum Gasteiger partial charge on any atom is 0.266 e. The molecule has 0 aromatic heterocycles. The lowest BCUT2D eigenvalue weighted by atomic mass is 10.1. The third-order valence-electron chi connectivity index (χ3n) is 4.24. The minimum absolute atomic E-state index is 0.00897. The fourth-order valence-corrected chi connectivity index (χ4v) is 3.88. The number of methoxy groups -OCH3 is 1. The third kappa shape index (κ3) is 3.68. The van der Waals surface area contributed by atoms with Crippen LogP contribution in [0.1, 0.15) is 23.6 Å². The molecule has 0 radical (unpaired) electrons. The number of nitrogens with zero attached hydrogens (tertiary/aromatic N) is 2. The second kappa shape index (κ2) is 7.79. The smallest absolute Gasteiger partial charge is 0.266 e. The first-order valence-corrected chi connectivity index (χ1v) is 9.35. The summed E-state index contributed by atoms with van der Waals surface area (Å²) >= 11 is 1.42. The second-order valence-corrected chi connectivity index (χ2v) is 7.08. The molecule has 5 heteroatoms. The first-order chi connectivity index (χ1) is 12.5. The Hall–Kier alpha value is -2.53. The normalized spacial score (nSPS) is 17.4. The summed E-state index contributed by atoms with van der Waals surface area (Å²) in [4.78, 5) is 20.0. The van der Waals surface area contributed by atoms with Crippen molar-refractivity contribution in [3.63, 3.8) is 0 Å². The molecule has 0 N–H and O–H groups in total. The number of hydrogen-bond donors (Lipinski definition) is 0. The van der Waals surface area contributed by atoms with E-state index in [2.05, 4.69) is 0 Å². The average Bonchev–Trinajstić information content (AvgIpc) is 2.93. The van der Waals surface area contributed by atoms with Gasteiger partial charge in [0.1, 0.15) is 5.75 Å². The Morgan fingerprint density at radius 1 is 1.15 bits per heavy atom. The van der Waals surface area contributed by atoms with Crippen molar-refractivity contribution in [2.75, 3.05) is 13.7 Å². The quantitative estimate of drug-likeness (QED) is 0.720. The minimum Gasteiger partial charge on any atom is -0.497 e. The summed E-state index contributed by atoms with van der Waals surface area (Å²) in [6.07, 6.45) is 1.89. The number of likely N-dealkylation sites (N-methyl/N-ethyl adjacent to an activating group) is 1. The first kappa shape index (κ1) is 18.3. The molecule has 4 nitrogen and oxygen atoms in total. The van der Waals surface area contributed by atoms with E-state index in [-0.39, 0.29) is 5.91 Å². The Morgan fingerprint density at radius 2 is 1.85 bits per heavy atom. The fourth-order valence-electron chi connectivity index (χ4n) is 2.83. The number of benzene rings is 2. The van der Waals surface area contributed by atoms with Crippen LogP contribution in [0.5, 0.6) is 5.75 Å². The van der Waals surface area contributed by atoms with E-state index in [1.165, 1.54) is 11.8 Å². The number of hydrogen-bond acceptors (Lipinski definition) is 4. The van der Waals surface area contributed by atoms with Crippen LogP contribution >= 0.6 is 11.8 Å². The number of carbonyl (C=O) groups excluding carboxylic acids is 1. The number of thioether (sulfide) groups is 1. The summed E-state index contributed by atoms with van der Waals surface area (Å²) < 4.78 is 5.26. The summed E-state index contributed by atoms with van der Waals surface area (Å²) in [7, 11) is 1.63. The molecule has 1 aliphatic rings. The second-order valence-electron chi connectivity index (χ2n) is 6.07. The molecule has 1 fully saturated rings. The zero-order valence-corrected chi connectivity index (χ0v) is 16.3. The number of aryl methyl sites for hydroxylation is 2. The zero-order chi connectivity index (χ0) is 18.7. The van der Waals surface area contributed by atoms with Gasteiger partial charge in [-0.25, -0.2) is 4.99 Å².